The number of hydrogen-bond donors (Lipinski definition) is 1. The van der Waals surface area contributed by atoms with E-state index in [0.29, 0.717) is 45.3 Å². The molecular formula is C17H24N2O3S. The number of amides is 1. The Hall–Kier alpha value is -1.40. The van der Waals surface area contributed by atoms with Gasteiger partial charge in [-0.2, -0.15) is 0 Å². The summed E-state index contributed by atoms with van der Waals surface area (Å²) in [7, 11) is -3.17. The smallest absolute Gasteiger partial charge is 0.226 e. The first-order valence-corrected chi connectivity index (χ1v) is 9.91. The van der Waals surface area contributed by atoms with Crippen LogP contribution in [0.2, 0.25) is 0 Å². The lowest BCUT2D eigenvalue weighted by atomic mass is 9.73. The first kappa shape index (κ1) is 16.5. The van der Waals surface area contributed by atoms with Crippen LogP contribution in [0.1, 0.15) is 37.3 Å². The van der Waals surface area contributed by atoms with Crippen molar-refractivity contribution >= 4 is 15.9 Å². The quantitative estimate of drug-likeness (QED) is 0.913. The van der Waals surface area contributed by atoms with Crippen molar-refractivity contribution < 1.29 is 13.2 Å². The molecule has 1 amide bonds. The molecular weight excluding hydrogens is 312 g/mol. The molecule has 0 bridgehead atoms. The van der Waals surface area contributed by atoms with Gasteiger partial charge in [0.1, 0.15) is 0 Å². The Balaban J connectivity index is 1.80. The number of piperidine rings is 1. The van der Waals surface area contributed by atoms with Crippen LogP contribution in [0.3, 0.4) is 0 Å². The topological polar surface area (TPSA) is 66.5 Å². The van der Waals surface area contributed by atoms with E-state index in [1.165, 1.54) is 11.1 Å². The minimum absolute atomic E-state index is 0.0706. The zero-order chi connectivity index (χ0) is 16.5. The van der Waals surface area contributed by atoms with Crippen molar-refractivity contribution in [2.75, 3.05) is 18.8 Å². The van der Waals surface area contributed by atoms with E-state index in [9.17, 15) is 13.2 Å². The molecule has 2 aliphatic rings. The molecule has 1 saturated heterocycles. The summed E-state index contributed by atoms with van der Waals surface area (Å²) in [6.45, 7) is 3.32. The molecule has 0 saturated carbocycles. The van der Waals surface area contributed by atoms with Gasteiger partial charge < -0.3 is 5.32 Å². The number of carbonyl (C=O) groups is 1. The molecule has 6 heteroatoms. The van der Waals surface area contributed by atoms with Gasteiger partial charge in [0.15, 0.2) is 0 Å². The predicted molar refractivity (Wildman–Crippen MR) is 89.3 cm³/mol. The summed E-state index contributed by atoms with van der Waals surface area (Å²) in [5.74, 6) is 0.260. The fraction of sp³-hybridized carbons (Fsp3) is 0.588. The fourth-order valence-corrected chi connectivity index (χ4v) is 5.21. The minimum atomic E-state index is -3.17. The van der Waals surface area contributed by atoms with Crippen molar-refractivity contribution in [2.24, 2.45) is 5.41 Å². The number of hydrogen-bond acceptors (Lipinski definition) is 3. The Morgan fingerprint density at radius 3 is 2.48 bits per heavy atom. The SMILES string of the molecule is CCCS(=O)(=O)N1CCC2(CC1)Cc1ccccc1CNC2=O. The van der Waals surface area contributed by atoms with Crippen molar-refractivity contribution in [1.82, 2.24) is 9.62 Å². The molecule has 0 unspecified atom stereocenters. The average molecular weight is 336 g/mol. The maximum atomic E-state index is 12.7. The lowest BCUT2D eigenvalue weighted by molar-refractivity contribution is -0.133. The fourth-order valence-electron chi connectivity index (χ4n) is 3.69. The molecule has 2 aliphatic heterocycles. The van der Waals surface area contributed by atoms with Crippen LogP contribution in [0, 0.1) is 5.41 Å². The molecule has 1 aromatic rings. The number of fused-ring (bicyclic) bond motifs is 1. The molecule has 0 aliphatic carbocycles. The molecule has 1 spiro atoms. The minimum Gasteiger partial charge on any atom is -0.352 e. The number of sulfonamides is 1. The zero-order valence-corrected chi connectivity index (χ0v) is 14.4. The summed E-state index contributed by atoms with van der Waals surface area (Å²) in [4.78, 5) is 12.7. The van der Waals surface area contributed by atoms with E-state index in [0.717, 1.165) is 0 Å². The van der Waals surface area contributed by atoms with Crippen molar-refractivity contribution in [1.29, 1.82) is 0 Å². The lowest BCUT2D eigenvalue weighted by Crippen LogP contribution is -2.50. The molecule has 2 heterocycles. The van der Waals surface area contributed by atoms with Crippen molar-refractivity contribution in [3.8, 4) is 0 Å². The summed E-state index contributed by atoms with van der Waals surface area (Å²) in [6, 6.07) is 8.12. The summed E-state index contributed by atoms with van der Waals surface area (Å²) in [5, 5.41) is 3.03. The Morgan fingerprint density at radius 2 is 1.83 bits per heavy atom. The third-order valence-electron chi connectivity index (χ3n) is 5.10. The third kappa shape index (κ3) is 3.15. The van der Waals surface area contributed by atoms with E-state index in [1.807, 2.05) is 19.1 Å². The van der Waals surface area contributed by atoms with Crippen LogP contribution in [0.5, 0.6) is 0 Å². The van der Waals surface area contributed by atoms with Gasteiger partial charge in [-0.25, -0.2) is 12.7 Å². The van der Waals surface area contributed by atoms with E-state index >= 15 is 0 Å². The second-order valence-corrected chi connectivity index (χ2v) is 8.71. The number of carbonyl (C=O) groups excluding carboxylic acids is 1. The highest BCUT2D eigenvalue weighted by molar-refractivity contribution is 7.89. The van der Waals surface area contributed by atoms with E-state index in [4.69, 9.17) is 0 Å². The maximum absolute atomic E-state index is 12.7. The highest BCUT2D eigenvalue weighted by Crippen LogP contribution is 2.38. The van der Waals surface area contributed by atoms with Gasteiger partial charge in [-0.3, -0.25) is 4.79 Å². The second-order valence-electron chi connectivity index (χ2n) is 6.62. The number of benzene rings is 1. The lowest BCUT2D eigenvalue weighted by Gasteiger charge is -2.39. The molecule has 126 valence electrons. The first-order valence-electron chi connectivity index (χ1n) is 8.30. The molecule has 23 heavy (non-hydrogen) atoms. The Bertz CT molecular complexity index is 692. The molecule has 1 N–H and O–H groups in total. The Morgan fingerprint density at radius 1 is 1.17 bits per heavy atom. The van der Waals surface area contributed by atoms with E-state index in [-0.39, 0.29) is 11.7 Å². The summed E-state index contributed by atoms with van der Waals surface area (Å²) >= 11 is 0. The van der Waals surface area contributed by atoms with Crippen molar-refractivity contribution in [3.05, 3.63) is 35.4 Å². The van der Waals surface area contributed by atoms with E-state index < -0.39 is 15.4 Å². The molecule has 5 nitrogen and oxygen atoms in total. The van der Waals surface area contributed by atoms with Gasteiger partial charge in [0.25, 0.3) is 0 Å². The monoisotopic (exact) mass is 336 g/mol. The van der Waals surface area contributed by atoms with Crippen molar-refractivity contribution in [2.45, 2.75) is 39.2 Å². The standard InChI is InChI=1S/C17H24N2O3S/c1-2-11-23(21,22)19-9-7-17(8-10-19)12-14-5-3-4-6-15(14)13-18-16(17)20/h3-6H,2,7-13H2,1H3,(H,18,20). The largest absolute Gasteiger partial charge is 0.352 e. The van der Waals surface area contributed by atoms with Gasteiger partial charge in [0.2, 0.25) is 15.9 Å². The highest BCUT2D eigenvalue weighted by atomic mass is 32.2. The van der Waals surface area contributed by atoms with E-state index in [2.05, 4.69) is 17.4 Å². The van der Waals surface area contributed by atoms with Gasteiger partial charge in [0, 0.05) is 19.6 Å². The second kappa shape index (κ2) is 6.24. The van der Waals surface area contributed by atoms with Gasteiger partial charge in [-0.1, -0.05) is 31.2 Å². The van der Waals surface area contributed by atoms with Gasteiger partial charge in [-0.15, -0.1) is 0 Å². The zero-order valence-electron chi connectivity index (χ0n) is 13.5. The van der Waals surface area contributed by atoms with E-state index in [1.54, 1.807) is 4.31 Å². The van der Waals surface area contributed by atoms with Gasteiger partial charge >= 0.3 is 0 Å². The number of rotatable bonds is 3. The molecule has 1 fully saturated rings. The molecule has 0 atom stereocenters. The predicted octanol–water partition coefficient (Wildman–Crippen LogP) is 1.68. The van der Waals surface area contributed by atoms with Crippen LogP contribution in [0.25, 0.3) is 0 Å². The van der Waals surface area contributed by atoms with Crippen LogP contribution in [-0.4, -0.2) is 37.5 Å². The van der Waals surface area contributed by atoms with Crippen LogP contribution in [-0.2, 0) is 27.8 Å². The normalized spacial score (nSPS) is 21.5. The highest BCUT2D eigenvalue weighted by Gasteiger charge is 2.44. The first-order chi connectivity index (χ1) is 11.0. The Labute approximate surface area is 138 Å². The third-order valence-corrected chi connectivity index (χ3v) is 7.18. The summed E-state index contributed by atoms with van der Waals surface area (Å²) in [5.41, 5.74) is 1.90. The number of nitrogens with one attached hydrogen (secondary N) is 1. The molecule has 0 aromatic heterocycles. The van der Waals surface area contributed by atoms with Crippen molar-refractivity contribution in [3.63, 3.8) is 0 Å². The van der Waals surface area contributed by atoms with Crippen LogP contribution in [0.4, 0.5) is 0 Å². The van der Waals surface area contributed by atoms with Crippen LogP contribution < -0.4 is 5.32 Å². The molecule has 0 radical (unpaired) electrons. The average Bonchev–Trinajstić information content (AvgIpc) is 2.66. The van der Waals surface area contributed by atoms with Gasteiger partial charge in [0.05, 0.1) is 11.2 Å². The van der Waals surface area contributed by atoms with Crippen LogP contribution in [0.15, 0.2) is 24.3 Å². The Kier molecular flexibility index (Phi) is 4.47. The molecule has 3 rings (SSSR count). The number of nitrogens with zero attached hydrogens (tertiary/aromatic N) is 1. The molecule has 1 aromatic carbocycles. The van der Waals surface area contributed by atoms with Crippen LogP contribution >= 0.6 is 0 Å². The maximum Gasteiger partial charge on any atom is 0.226 e. The van der Waals surface area contributed by atoms with Gasteiger partial charge in [-0.05, 0) is 36.8 Å². The summed E-state index contributed by atoms with van der Waals surface area (Å²) < 4.78 is 26.0. The summed E-state index contributed by atoms with van der Waals surface area (Å²) in [6.07, 6.45) is 2.51.